The number of hydrogen-bond donors (Lipinski definition) is 0. The predicted octanol–water partition coefficient (Wildman–Crippen LogP) is 3.09. The third-order valence-corrected chi connectivity index (χ3v) is 8.35. The molecule has 4 amide bonds. The summed E-state index contributed by atoms with van der Waals surface area (Å²) >= 11 is 0. The Morgan fingerprint density at radius 3 is 2.34 bits per heavy atom. The van der Waals surface area contributed by atoms with Crippen LogP contribution in [-0.4, -0.2) is 107 Å². The molecule has 2 atom stereocenters. The molecule has 0 saturated carbocycles. The van der Waals surface area contributed by atoms with Crippen LogP contribution in [-0.2, 0) is 38.4 Å². The van der Waals surface area contributed by atoms with Crippen LogP contribution in [0, 0.1) is 6.92 Å². The molecule has 0 radical (unpaired) electrons. The maximum absolute atomic E-state index is 13.9. The van der Waals surface area contributed by atoms with Crippen molar-refractivity contribution < 1.29 is 37.1 Å². The van der Waals surface area contributed by atoms with Crippen molar-refractivity contribution in [2.75, 3.05) is 46.3 Å². The largest absolute Gasteiger partial charge is 0.444 e. The molecule has 13 heteroatoms. The number of ether oxygens (including phenoxy) is 1. The zero-order valence-electron chi connectivity index (χ0n) is 24.8. The van der Waals surface area contributed by atoms with Gasteiger partial charge < -0.3 is 24.3 Å². The molecular formula is C31H36F3N5O5. The topological polar surface area (TPSA) is 93.7 Å². The van der Waals surface area contributed by atoms with Gasteiger partial charge in [-0.15, -0.1) is 0 Å². The predicted molar refractivity (Wildman–Crippen MR) is 153 cm³/mol. The van der Waals surface area contributed by atoms with E-state index in [1.807, 2.05) is 37.4 Å². The Balaban J connectivity index is 1.38. The lowest BCUT2D eigenvalue weighted by Crippen LogP contribution is -2.71. The van der Waals surface area contributed by atoms with Crippen molar-refractivity contribution in [3.63, 3.8) is 0 Å². The summed E-state index contributed by atoms with van der Waals surface area (Å²) in [5.41, 5.74) is 0.551. The van der Waals surface area contributed by atoms with Gasteiger partial charge in [0, 0.05) is 45.7 Å². The van der Waals surface area contributed by atoms with Gasteiger partial charge in [-0.05, 0) is 37.2 Å². The number of benzene rings is 2. The zero-order chi connectivity index (χ0) is 31.6. The molecule has 3 fully saturated rings. The first-order valence-corrected chi connectivity index (χ1v) is 14.6. The van der Waals surface area contributed by atoms with Crippen molar-refractivity contribution in [1.82, 2.24) is 24.5 Å². The fourth-order valence-electron chi connectivity index (χ4n) is 6.03. The van der Waals surface area contributed by atoms with Crippen LogP contribution >= 0.6 is 0 Å². The molecule has 0 aliphatic carbocycles. The van der Waals surface area contributed by atoms with E-state index in [1.54, 1.807) is 9.80 Å². The monoisotopic (exact) mass is 615 g/mol. The molecule has 2 aromatic carbocycles. The van der Waals surface area contributed by atoms with Crippen molar-refractivity contribution in [3.8, 4) is 0 Å². The number of aryl methyl sites for hydroxylation is 1. The maximum Gasteiger partial charge on any atom is 0.416 e. The fraction of sp³-hybridized carbons (Fsp3) is 0.484. The first kappa shape index (κ1) is 31.3. The number of fused-ring (bicyclic) bond motifs is 1. The Labute approximate surface area is 253 Å². The molecular weight excluding hydrogens is 579 g/mol. The lowest BCUT2D eigenvalue weighted by Gasteiger charge is -2.51. The summed E-state index contributed by atoms with van der Waals surface area (Å²) < 4.78 is 45.5. The van der Waals surface area contributed by atoms with E-state index in [2.05, 4.69) is 4.90 Å². The van der Waals surface area contributed by atoms with Crippen LogP contribution in [0.4, 0.5) is 18.0 Å². The number of carbonyl (C=O) groups excluding carboxylic acids is 4. The SMILES string of the molecule is Cc1cc(COC(=O)N2CCC(=O)N3[C@@H]2CN(Cc2ccccc2)C(=O)[C@@H]3CC(=O)N2CCN(C)CC2)cc(C(F)(F)F)c1. The van der Waals surface area contributed by atoms with Crippen LogP contribution in [0.25, 0.3) is 0 Å². The molecule has 3 saturated heterocycles. The number of alkyl halides is 3. The Hall–Kier alpha value is -4.13. The van der Waals surface area contributed by atoms with E-state index < -0.39 is 36.6 Å². The normalized spacial score (nSPS) is 21.4. The van der Waals surface area contributed by atoms with E-state index in [0.717, 1.165) is 17.7 Å². The molecule has 0 bridgehead atoms. The number of nitrogens with zero attached hydrogens (tertiary/aromatic N) is 5. The van der Waals surface area contributed by atoms with Gasteiger partial charge in [-0.1, -0.05) is 42.0 Å². The van der Waals surface area contributed by atoms with Gasteiger partial charge in [0.2, 0.25) is 17.7 Å². The zero-order valence-corrected chi connectivity index (χ0v) is 24.8. The summed E-state index contributed by atoms with van der Waals surface area (Å²) in [6, 6.07) is 11.6. The standard InChI is InChI=1S/C31H36F3N5O5/c1-21-14-23(16-24(15-21)31(32,33)34)20-44-30(43)38-9-8-27(40)39-25(17-28(41)36-12-10-35(2)11-13-36)29(42)37(19-26(38)39)18-22-6-4-3-5-7-22/h3-7,14-16,25-26H,8-13,17-20H2,1-2H3/t25-,26+/m0/s1. The first-order valence-electron chi connectivity index (χ1n) is 14.6. The summed E-state index contributed by atoms with van der Waals surface area (Å²) in [5, 5.41) is 0. The van der Waals surface area contributed by atoms with Gasteiger partial charge in [0.15, 0.2) is 0 Å². The summed E-state index contributed by atoms with van der Waals surface area (Å²) in [5.74, 6) is -0.976. The third kappa shape index (κ3) is 6.98. The molecule has 0 aromatic heterocycles. The summed E-state index contributed by atoms with van der Waals surface area (Å²) in [7, 11) is 1.97. The minimum Gasteiger partial charge on any atom is -0.444 e. The smallest absolute Gasteiger partial charge is 0.416 e. The Bertz CT molecular complexity index is 1400. The second-order valence-electron chi connectivity index (χ2n) is 11.6. The minimum absolute atomic E-state index is 0.00354. The van der Waals surface area contributed by atoms with E-state index >= 15 is 0 Å². The molecule has 3 aliphatic heterocycles. The first-order chi connectivity index (χ1) is 20.9. The summed E-state index contributed by atoms with van der Waals surface area (Å²) in [6.45, 7) is 3.75. The molecule has 3 heterocycles. The number of piperazine rings is 2. The van der Waals surface area contributed by atoms with Gasteiger partial charge in [-0.2, -0.15) is 13.2 Å². The van der Waals surface area contributed by atoms with Crippen molar-refractivity contribution in [3.05, 3.63) is 70.8 Å². The van der Waals surface area contributed by atoms with Crippen LogP contribution in [0.3, 0.4) is 0 Å². The van der Waals surface area contributed by atoms with Gasteiger partial charge in [-0.25, -0.2) is 4.79 Å². The van der Waals surface area contributed by atoms with Crippen molar-refractivity contribution in [2.24, 2.45) is 0 Å². The van der Waals surface area contributed by atoms with Crippen molar-refractivity contribution in [1.29, 1.82) is 0 Å². The van der Waals surface area contributed by atoms with Gasteiger partial charge in [-0.3, -0.25) is 19.3 Å². The molecule has 236 valence electrons. The van der Waals surface area contributed by atoms with Gasteiger partial charge in [0.1, 0.15) is 18.8 Å². The highest BCUT2D eigenvalue weighted by molar-refractivity contribution is 5.94. The van der Waals surface area contributed by atoms with Crippen LogP contribution < -0.4 is 0 Å². The lowest BCUT2D eigenvalue weighted by atomic mass is 10.00. The van der Waals surface area contributed by atoms with E-state index in [-0.39, 0.29) is 55.8 Å². The molecule has 0 unspecified atom stereocenters. The molecule has 5 rings (SSSR count). The highest BCUT2D eigenvalue weighted by atomic mass is 19.4. The van der Waals surface area contributed by atoms with Gasteiger partial charge in [0.25, 0.3) is 0 Å². The average molecular weight is 616 g/mol. The maximum atomic E-state index is 13.9. The molecule has 44 heavy (non-hydrogen) atoms. The second-order valence-corrected chi connectivity index (χ2v) is 11.6. The summed E-state index contributed by atoms with van der Waals surface area (Å²) in [4.78, 5) is 62.0. The lowest BCUT2D eigenvalue weighted by molar-refractivity contribution is -0.170. The van der Waals surface area contributed by atoms with Gasteiger partial charge >= 0.3 is 12.3 Å². The van der Waals surface area contributed by atoms with E-state index in [9.17, 15) is 32.3 Å². The number of amides is 4. The third-order valence-electron chi connectivity index (χ3n) is 8.35. The van der Waals surface area contributed by atoms with Gasteiger partial charge in [0.05, 0.1) is 18.5 Å². The number of hydrogen-bond acceptors (Lipinski definition) is 6. The van der Waals surface area contributed by atoms with Crippen molar-refractivity contribution in [2.45, 2.75) is 51.3 Å². The van der Waals surface area contributed by atoms with Crippen LogP contribution in [0.1, 0.15) is 35.1 Å². The number of rotatable bonds is 6. The fourth-order valence-corrected chi connectivity index (χ4v) is 6.03. The van der Waals surface area contributed by atoms with E-state index in [4.69, 9.17) is 4.74 Å². The van der Waals surface area contributed by atoms with E-state index in [1.165, 1.54) is 22.8 Å². The highest BCUT2D eigenvalue weighted by Gasteiger charge is 2.50. The van der Waals surface area contributed by atoms with Crippen LogP contribution in [0.5, 0.6) is 0 Å². The minimum atomic E-state index is -4.55. The molecule has 10 nitrogen and oxygen atoms in total. The quantitative estimate of drug-likeness (QED) is 0.496. The second kappa shape index (κ2) is 12.8. The number of carbonyl (C=O) groups is 4. The van der Waals surface area contributed by atoms with Crippen LogP contribution in [0.15, 0.2) is 48.5 Å². The highest BCUT2D eigenvalue weighted by Crippen LogP contribution is 2.32. The van der Waals surface area contributed by atoms with Crippen molar-refractivity contribution >= 4 is 23.8 Å². The molecule has 3 aliphatic rings. The van der Waals surface area contributed by atoms with Crippen LogP contribution in [0.2, 0.25) is 0 Å². The molecule has 0 N–H and O–H groups in total. The Morgan fingerprint density at radius 2 is 1.66 bits per heavy atom. The molecule has 2 aromatic rings. The van der Waals surface area contributed by atoms with E-state index in [0.29, 0.717) is 31.7 Å². The summed E-state index contributed by atoms with van der Waals surface area (Å²) in [6.07, 6.45) is -6.58. The Morgan fingerprint density at radius 1 is 0.955 bits per heavy atom. The average Bonchev–Trinajstić information content (AvgIpc) is 2.98. The molecule has 0 spiro atoms. The number of likely N-dealkylation sites (N-methyl/N-ethyl adjacent to an activating group) is 1. The Kier molecular flexibility index (Phi) is 9.14. The number of halogens is 3.